The van der Waals surface area contributed by atoms with Crippen LogP contribution in [-0.4, -0.2) is 53.1 Å². The number of piperidine rings is 1. The highest BCUT2D eigenvalue weighted by atomic mass is 19.3. The van der Waals surface area contributed by atoms with Gasteiger partial charge in [0.15, 0.2) is 5.60 Å². The Labute approximate surface area is 193 Å². The molecule has 180 valence electrons. The summed E-state index contributed by atoms with van der Waals surface area (Å²) in [5.74, 6) is -2.34. The molecular weight excluding hydrogens is 456 g/mol. The summed E-state index contributed by atoms with van der Waals surface area (Å²) in [6.07, 6.45) is 1.03. The topological polar surface area (TPSA) is 59.1 Å². The van der Waals surface area contributed by atoms with Crippen molar-refractivity contribution in [2.75, 3.05) is 13.1 Å². The van der Waals surface area contributed by atoms with E-state index in [-0.39, 0.29) is 43.2 Å². The zero-order valence-corrected chi connectivity index (χ0v) is 18.1. The highest BCUT2D eigenvalue weighted by Crippen LogP contribution is 2.48. The van der Waals surface area contributed by atoms with E-state index in [4.69, 9.17) is 4.74 Å². The molecule has 5 rings (SSSR count). The van der Waals surface area contributed by atoms with Crippen molar-refractivity contribution in [1.29, 1.82) is 0 Å². The quantitative estimate of drug-likeness (QED) is 0.617. The summed E-state index contributed by atoms with van der Waals surface area (Å²) < 4.78 is 63.6. The maximum Gasteiger partial charge on any atom is 0.387 e. The molecule has 3 heterocycles. The van der Waals surface area contributed by atoms with Crippen molar-refractivity contribution in [3.63, 3.8) is 0 Å². The van der Waals surface area contributed by atoms with E-state index >= 15 is 0 Å². The summed E-state index contributed by atoms with van der Waals surface area (Å²) in [5, 5.41) is 0. The maximum atomic E-state index is 13.8. The van der Waals surface area contributed by atoms with Crippen LogP contribution in [0.3, 0.4) is 0 Å². The molecular formula is C24H22F4N2O4. The lowest BCUT2D eigenvalue weighted by Crippen LogP contribution is -2.51. The zero-order chi connectivity index (χ0) is 24.0. The molecule has 0 aromatic heterocycles. The van der Waals surface area contributed by atoms with Crippen molar-refractivity contribution < 1.29 is 36.6 Å². The highest BCUT2D eigenvalue weighted by Gasteiger charge is 2.58. The number of amides is 2. The fraction of sp³-hybridized carbons (Fsp3) is 0.417. The largest absolute Gasteiger partial charge is 0.434 e. The van der Waals surface area contributed by atoms with Crippen LogP contribution in [0, 0.1) is 11.6 Å². The summed E-state index contributed by atoms with van der Waals surface area (Å²) in [4.78, 5) is 29.5. The number of likely N-dealkylation sites (tertiary alicyclic amines) is 1. The molecule has 2 atom stereocenters. The number of benzene rings is 2. The van der Waals surface area contributed by atoms with Gasteiger partial charge in [-0.2, -0.15) is 8.78 Å². The first-order valence-corrected chi connectivity index (χ1v) is 11.1. The Hall–Kier alpha value is -3.14. The van der Waals surface area contributed by atoms with E-state index in [1.165, 1.54) is 35.2 Å². The number of alkyl halides is 2. The van der Waals surface area contributed by atoms with Crippen molar-refractivity contribution in [3.05, 3.63) is 65.2 Å². The van der Waals surface area contributed by atoms with Gasteiger partial charge in [-0.1, -0.05) is 12.1 Å². The van der Waals surface area contributed by atoms with Crippen LogP contribution in [0.1, 0.15) is 47.6 Å². The average Bonchev–Trinajstić information content (AvgIpc) is 3.31. The van der Waals surface area contributed by atoms with E-state index in [2.05, 4.69) is 4.74 Å². The van der Waals surface area contributed by atoms with Gasteiger partial charge < -0.3 is 19.3 Å². The van der Waals surface area contributed by atoms with Crippen LogP contribution in [0.4, 0.5) is 17.6 Å². The monoisotopic (exact) mass is 478 g/mol. The van der Waals surface area contributed by atoms with E-state index in [0.29, 0.717) is 18.4 Å². The average molecular weight is 478 g/mol. The van der Waals surface area contributed by atoms with Crippen LogP contribution in [0.15, 0.2) is 42.5 Å². The van der Waals surface area contributed by atoms with Gasteiger partial charge >= 0.3 is 6.61 Å². The molecule has 2 amide bonds. The minimum absolute atomic E-state index is 0.0197. The molecule has 6 nitrogen and oxygen atoms in total. The molecule has 3 saturated heterocycles. The molecule has 2 aromatic rings. The Balaban J connectivity index is 1.30. The number of halogens is 4. The molecule has 0 bridgehead atoms. The molecule has 34 heavy (non-hydrogen) atoms. The second-order valence-corrected chi connectivity index (χ2v) is 8.74. The second-order valence-electron chi connectivity index (χ2n) is 8.74. The summed E-state index contributed by atoms with van der Waals surface area (Å²) in [7, 11) is 0. The number of carbonyl (C=O) groups excluding carboxylic acids is 2. The van der Waals surface area contributed by atoms with Gasteiger partial charge in [-0.15, -0.1) is 0 Å². The summed E-state index contributed by atoms with van der Waals surface area (Å²) in [6.45, 7) is -2.68. The predicted molar refractivity (Wildman–Crippen MR) is 111 cm³/mol. The lowest BCUT2D eigenvalue weighted by molar-refractivity contribution is -0.142. The van der Waals surface area contributed by atoms with Crippen molar-refractivity contribution >= 4 is 11.8 Å². The third-order valence-electron chi connectivity index (χ3n) is 6.78. The molecule has 2 aromatic carbocycles. The first kappa shape index (κ1) is 22.6. The van der Waals surface area contributed by atoms with Crippen molar-refractivity contribution in [1.82, 2.24) is 9.80 Å². The number of fused-ring (bicyclic) bond motifs is 1. The van der Waals surface area contributed by atoms with Crippen LogP contribution < -0.4 is 4.74 Å². The van der Waals surface area contributed by atoms with Gasteiger partial charge in [-0.05, 0) is 42.7 Å². The van der Waals surface area contributed by atoms with E-state index in [1.54, 1.807) is 11.0 Å². The number of carbonyl (C=O) groups is 2. The van der Waals surface area contributed by atoms with E-state index < -0.39 is 42.0 Å². The van der Waals surface area contributed by atoms with Crippen LogP contribution in [0.2, 0.25) is 0 Å². The number of rotatable bonds is 4. The first-order chi connectivity index (χ1) is 16.3. The van der Waals surface area contributed by atoms with Gasteiger partial charge in [0, 0.05) is 32.0 Å². The van der Waals surface area contributed by atoms with E-state index in [9.17, 15) is 27.2 Å². The highest BCUT2D eigenvalue weighted by molar-refractivity contribution is 5.97. The van der Waals surface area contributed by atoms with Crippen LogP contribution >= 0.6 is 0 Å². The molecule has 1 spiro atoms. The molecule has 2 unspecified atom stereocenters. The van der Waals surface area contributed by atoms with Crippen molar-refractivity contribution in [2.24, 2.45) is 0 Å². The Morgan fingerprint density at radius 2 is 1.74 bits per heavy atom. The maximum absolute atomic E-state index is 13.8. The zero-order valence-electron chi connectivity index (χ0n) is 18.1. The second kappa shape index (κ2) is 8.57. The van der Waals surface area contributed by atoms with Gasteiger partial charge in [0.05, 0.1) is 11.6 Å². The molecule has 0 aliphatic carbocycles. The van der Waals surface area contributed by atoms with Gasteiger partial charge in [0.2, 0.25) is 0 Å². The Morgan fingerprint density at radius 1 is 1.06 bits per heavy atom. The fourth-order valence-corrected chi connectivity index (χ4v) is 5.22. The number of nitrogens with zero attached hydrogens (tertiary/aromatic N) is 2. The Kier molecular flexibility index (Phi) is 5.71. The van der Waals surface area contributed by atoms with E-state index in [0.717, 1.165) is 6.07 Å². The van der Waals surface area contributed by atoms with Crippen LogP contribution in [0.5, 0.6) is 5.75 Å². The molecule has 0 N–H and O–H groups in total. The van der Waals surface area contributed by atoms with Gasteiger partial charge in [-0.25, -0.2) is 8.78 Å². The molecule has 3 aliphatic rings. The number of hydrogen-bond donors (Lipinski definition) is 0. The van der Waals surface area contributed by atoms with Gasteiger partial charge in [0.25, 0.3) is 11.8 Å². The summed E-state index contributed by atoms with van der Waals surface area (Å²) in [5.41, 5.74) is -0.714. The standard InChI is InChI=1S/C24H22F4N2O4/c25-15-11-14(12-16(26)13-15)18-5-6-20-30(18)22(32)24(34-20)7-9-29(10-8-24)21(31)17-3-1-2-4-19(17)33-23(27)28/h1-4,11-13,18,20,23H,5-10H2. The minimum Gasteiger partial charge on any atom is -0.434 e. The van der Waals surface area contributed by atoms with Gasteiger partial charge in [0.1, 0.15) is 23.6 Å². The minimum atomic E-state index is -3.06. The van der Waals surface area contributed by atoms with Crippen molar-refractivity contribution in [2.45, 2.75) is 50.2 Å². The lowest BCUT2D eigenvalue weighted by Gasteiger charge is -2.37. The molecule has 0 saturated carbocycles. The predicted octanol–water partition coefficient (Wildman–Crippen LogP) is 4.26. The van der Waals surface area contributed by atoms with Gasteiger partial charge in [-0.3, -0.25) is 9.59 Å². The smallest absolute Gasteiger partial charge is 0.387 e. The Bertz CT molecular complexity index is 1100. The molecule has 3 aliphatic heterocycles. The molecule has 0 radical (unpaired) electrons. The normalized spacial score (nSPS) is 23.6. The lowest BCUT2D eigenvalue weighted by atomic mass is 9.89. The third kappa shape index (κ3) is 3.89. The number of ether oxygens (including phenoxy) is 2. The van der Waals surface area contributed by atoms with E-state index in [1.807, 2.05) is 0 Å². The molecule has 10 heteroatoms. The first-order valence-electron chi connectivity index (χ1n) is 11.1. The fourth-order valence-electron chi connectivity index (χ4n) is 5.22. The number of hydrogen-bond acceptors (Lipinski definition) is 4. The SMILES string of the molecule is O=C(c1ccccc1OC(F)F)N1CCC2(CC1)OC1CCC(c3cc(F)cc(F)c3)N1C2=O. The number of para-hydroxylation sites is 1. The van der Waals surface area contributed by atoms with Crippen molar-refractivity contribution in [3.8, 4) is 5.75 Å². The molecule has 3 fully saturated rings. The summed E-state index contributed by atoms with van der Waals surface area (Å²) >= 11 is 0. The van der Waals surface area contributed by atoms with Crippen LogP contribution in [0.25, 0.3) is 0 Å². The Morgan fingerprint density at radius 3 is 2.41 bits per heavy atom. The third-order valence-corrected chi connectivity index (χ3v) is 6.78. The van der Waals surface area contributed by atoms with Crippen LogP contribution in [-0.2, 0) is 9.53 Å². The summed E-state index contributed by atoms with van der Waals surface area (Å²) in [6, 6.07) is 8.54.